The predicted molar refractivity (Wildman–Crippen MR) is 70.8 cm³/mol. The Balaban J connectivity index is 2.29. The van der Waals surface area contributed by atoms with Gasteiger partial charge in [-0.3, -0.25) is 5.43 Å². The molecule has 0 unspecified atom stereocenters. The molecule has 0 radical (unpaired) electrons. The van der Waals surface area contributed by atoms with Crippen molar-refractivity contribution < 1.29 is 9.15 Å². The lowest BCUT2D eigenvalue weighted by molar-refractivity contribution is 0.415. The number of methoxy groups -OCH3 is 1. The first-order chi connectivity index (χ1) is 9.78. The molecule has 2 aromatic rings. The molecule has 0 fully saturated rings. The first kappa shape index (κ1) is 13.1. The Bertz CT molecular complexity index is 691. The van der Waals surface area contributed by atoms with E-state index in [0.29, 0.717) is 17.2 Å². The van der Waals surface area contributed by atoms with E-state index in [2.05, 4.69) is 15.5 Å². The molecule has 0 bridgehead atoms. The standard InChI is InChI=1S/C13H9N5O2/c1-19-12-4-9(17-18-10(5-14)6-15)2-3-11(12)13-7-16-8-20-13/h2-4,7-8,17H,1H3. The fraction of sp³-hybridized carbons (Fsp3) is 0.0769. The number of nitrogens with one attached hydrogen (secondary N) is 1. The largest absolute Gasteiger partial charge is 0.496 e. The molecule has 1 N–H and O–H groups in total. The third-order valence-corrected chi connectivity index (χ3v) is 2.41. The molecular weight excluding hydrogens is 258 g/mol. The number of benzene rings is 1. The maximum Gasteiger partial charge on any atom is 0.237 e. The highest BCUT2D eigenvalue weighted by Gasteiger charge is 2.09. The van der Waals surface area contributed by atoms with Crippen LogP contribution in [0.5, 0.6) is 5.75 Å². The van der Waals surface area contributed by atoms with Gasteiger partial charge in [-0.15, -0.1) is 0 Å². The maximum atomic E-state index is 8.59. The minimum atomic E-state index is -0.261. The van der Waals surface area contributed by atoms with Crippen molar-refractivity contribution in [1.82, 2.24) is 4.98 Å². The van der Waals surface area contributed by atoms with Gasteiger partial charge in [0, 0.05) is 6.07 Å². The summed E-state index contributed by atoms with van der Waals surface area (Å²) in [6.45, 7) is 0. The Kier molecular flexibility index (Phi) is 3.95. The first-order valence-corrected chi connectivity index (χ1v) is 5.49. The molecule has 0 saturated carbocycles. The number of nitriles is 2. The summed E-state index contributed by atoms with van der Waals surface area (Å²) in [6.07, 6.45) is 2.91. The topological polar surface area (TPSA) is 107 Å². The molecule has 7 heteroatoms. The summed E-state index contributed by atoms with van der Waals surface area (Å²) < 4.78 is 10.5. The van der Waals surface area contributed by atoms with E-state index in [9.17, 15) is 0 Å². The van der Waals surface area contributed by atoms with Crippen LogP contribution in [0.1, 0.15) is 0 Å². The van der Waals surface area contributed by atoms with Gasteiger partial charge < -0.3 is 9.15 Å². The normalized spacial score (nSPS) is 9.15. The molecular formula is C13H9N5O2. The molecule has 98 valence electrons. The minimum Gasteiger partial charge on any atom is -0.496 e. The van der Waals surface area contributed by atoms with Crippen LogP contribution >= 0.6 is 0 Å². The van der Waals surface area contributed by atoms with Gasteiger partial charge in [-0.1, -0.05) is 0 Å². The number of hydrogen-bond acceptors (Lipinski definition) is 7. The number of aromatic nitrogens is 1. The summed E-state index contributed by atoms with van der Waals surface area (Å²) >= 11 is 0. The summed E-state index contributed by atoms with van der Waals surface area (Å²) in [4.78, 5) is 3.85. The van der Waals surface area contributed by atoms with Crippen LogP contribution in [0, 0.1) is 22.7 Å². The smallest absolute Gasteiger partial charge is 0.237 e. The fourth-order valence-electron chi connectivity index (χ4n) is 1.51. The lowest BCUT2D eigenvalue weighted by Crippen LogP contribution is -1.97. The Labute approximate surface area is 114 Å². The van der Waals surface area contributed by atoms with Crippen molar-refractivity contribution in [1.29, 1.82) is 10.5 Å². The van der Waals surface area contributed by atoms with Crippen LogP contribution in [0.2, 0.25) is 0 Å². The van der Waals surface area contributed by atoms with Crippen LogP contribution in [0.15, 0.2) is 40.3 Å². The van der Waals surface area contributed by atoms with E-state index < -0.39 is 0 Å². The van der Waals surface area contributed by atoms with Gasteiger partial charge in [-0.2, -0.15) is 15.6 Å². The third kappa shape index (κ3) is 2.74. The summed E-state index contributed by atoms with van der Waals surface area (Å²) in [5.41, 5.74) is 3.66. The molecule has 0 aliphatic carbocycles. The van der Waals surface area contributed by atoms with Gasteiger partial charge in [0.15, 0.2) is 12.2 Å². The maximum absolute atomic E-state index is 8.59. The number of anilines is 1. The van der Waals surface area contributed by atoms with E-state index in [1.807, 2.05) is 0 Å². The third-order valence-electron chi connectivity index (χ3n) is 2.41. The van der Waals surface area contributed by atoms with Crippen LogP contribution in [0.25, 0.3) is 11.3 Å². The average Bonchev–Trinajstić information content (AvgIpc) is 3.02. The summed E-state index contributed by atoms with van der Waals surface area (Å²) in [5, 5.41) is 20.8. The molecule has 1 heterocycles. The molecule has 0 aliphatic rings. The van der Waals surface area contributed by atoms with E-state index >= 15 is 0 Å². The van der Waals surface area contributed by atoms with Crippen molar-refractivity contribution in [3.05, 3.63) is 30.8 Å². The van der Waals surface area contributed by atoms with Gasteiger partial charge in [0.2, 0.25) is 5.71 Å². The Morgan fingerprint density at radius 1 is 1.40 bits per heavy atom. The van der Waals surface area contributed by atoms with Gasteiger partial charge in [0.1, 0.15) is 17.9 Å². The average molecular weight is 267 g/mol. The van der Waals surface area contributed by atoms with E-state index in [0.717, 1.165) is 5.56 Å². The van der Waals surface area contributed by atoms with Gasteiger partial charge in [0.05, 0.1) is 24.6 Å². The van der Waals surface area contributed by atoms with Crippen LogP contribution in [-0.4, -0.2) is 17.8 Å². The molecule has 1 aromatic heterocycles. The zero-order valence-corrected chi connectivity index (χ0v) is 10.5. The van der Waals surface area contributed by atoms with E-state index in [-0.39, 0.29) is 5.71 Å². The van der Waals surface area contributed by atoms with Gasteiger partial charge in [-0.05, 0) is 12.1 Å². The number of rotatable bonds is 4. The monoisotopic (exact) mass is 267 g/mol. The SMILES string of the molecule is COc1cc(NN=C(C#N)C#N)ccc1-c1cnco1. The highest BCUT2D eigenvalue weighted by Crippen LogP contribution is 2.32. The number of hydrogen-bond donors (Lipinski definition) is 1. The second-order valence-electron chi connectivity index (χ2n) is 3.58. The van der Waals surface area contributed by atoms with Crippen LogP contribution in [0.4, 0.5) is 5.69 Å². The van der Waals surface area contributed by atoms with Crippen LogP contribution < -0.4 is 10.2 Å². The van der Waals surface area contributed by atoms with Gasteiger partial charge in [-0.25, -0.2) is 4.98 Å². The number of hydrazone groups is 1. The summed E-state index contributed by atoms with van der Waals surface area (Å²) in [6, 6.07) is 8.46. The van der Waals surface area contributed by atoms with Gasteiger partial charge in [0.25, 0.3) is 0 Å². The summed E-state index contributed by atoms with van der Waals surface area (Å²) in [5.74, 6) is 1.13. The molecule has 0 spiro atoms. The van der Waals surface area contributed by atoms with E-state index in [1.54, 1.807) is 36.5 Å². The predicted octanol–water partition coefficient (Wildman–Crippen LogP) is 2.17. The Morgan fingerprint density at radius 3 is 2.80 bits per heavy atom. The van der Waals surface area contributed by atoms with Crippen LogP contribution in [-0.2, 0) is 0 Å². The van der Waals surface area contributed by atoms with Crippen molar-refractivity contribution in [2.24, 2.45) is 5.10 Å². The Hall–Kier alpha value is -3.32. The number of ether oxygens (including phenoxy) is 1. The van der Waals surface area contributed by atoms with Crippen molar-refractivity contribution >= 4 is 11.4 Å². The number of oxazole rings is 1. The minimum absolute atomic E-state index is 0.261. The second-order valence-corrected chi connectivity index (χ2v) is 3.58. The molecule has 1 aromatic carbocycles. The summed E-state index contributed by atoms with van der Waals surface area (Å²) in [7, 11) is 1.53. The van der Waals surface area contributed by atoms with Crippen molar-refractivity contribution in [3.8, 4) is 29.2 Å². The van der Waals surface area contributed by atoms with Gasteiger partial charge >= 0.3 is 0 Å². The van der Waals surface area contributed by atoms with Crippen LogP contribution in [0.3, 0.4) is 0 Å². The molecule has 0 amide bonds. The van der Waals surface area contributed by atoms with Crippen molar-refractivity contribution in [3.63, 3.8) is 0 Å². The molecule has 0 aliphatic heterocycles. The lowest BCUT2D eigenvalue weighted by atomic mass is 10.1. The lowest BCUT2D eigenvalue weighted by Gasteiger charge is -2.08. The fourth-order valence-corrected chi connectivity index (χ4v) is 1.51. The number of nitrogens with zero attached hydrogens (tertiary/aromatic N) is 4. The molecule has 0 saturated heterocycles. The zero-order chi connectivity index (χ0) is 14.4. The van der Waals surface area contributed by atoms with Crippen molar-refractivity contribution in [2.45, 2.75) is 0 Å². The molecule has 0 atom stereocenters. The van der Waals surface area contributed by atoms with E-state index in [4.69, 9.17) is 19.7 Å². The molecule has 2 rings (SSSR count). The molecule has 20 heavy (non-hydrogen) atoms. The second kappa shape index (κ2) is 6.03. The Morgan fingerprint density at radius 2 is 2.20 bits per heavy atom. The van der Waals surface area contributed by atoms with E-state index in [1.165, 1.54) is 13.5 Å². The molecule has 7 nitrogen and oxygen atoms in total. The van der Waals surface area contributed by atoms with Crippen molar-refractivity contribution in [2.75, 3.05) is 12.5 Å². The quantitative estimate of drug-likeness (QED) is 0.671. The zero-order valence-electron chi connectivity index (χ0n) is 10.5. The highest BCUT2D eigenvalue weighted by molar-refractivity contribution is 6.10. The highest BCUT2D eigenvalue weighted by atomic mass is 16.5. The first-order valence-electron chi connectivity index (χ1n) is 5.49.